The van der Waals surface area contributed by atoms with Gasteiger partial charge in [0.1, 0.15) is 12.2 Å². The number of aromatic nitrogens is 3. The molecule has 19 heavy (non-hydrogen) atoms. The van der Waals surface area contributed by atoms with Crippen molar-refractivity contribution in [2.24, 2.45) is 12.8 Å². The van der Waals surface area contributed by atoms with Crippen LogP contribution in [0.4, 0.5) is 0 Å². The Labute approximate surface area is 114 Å². The van der Waals surface area contributed by atoms with E-state index >= 15 is 0 Å². The fourth-order valence-corrected chi connectivity index (χ4v) is 2.20. The topological polar surface area (TPSA) is 56.7 Å². The molecular formula is C15H22N4. The largest absolute Gasteiger partial charge is 0.328 e. The Morgan fingerprint density at radius 2 is 1.89 bits per heavy atom. The Morgan fingerprint density at radius 1 is 1.21 bits per heavy atom. The maximum atomic E-state index is 5.53. The van der Waals surface area contributed by atoms with E-state index in [1.807, 2.05) is 29.8 Å². The molecule has 3 rings (SSSR count). The van der Waals surface area contributed by atoms with E-state index in [0.29, 0.717) is 6.04 Å². The number of benzene rings is 1. The molecule has 0 amide bonds. The van der Waals surface area contributed by atoms with Crippen LogP contribution in [-0.2, 0) is 13.5 Å². The van der Waals surface area contributed by atoms with Crippen LogP contribution in [0.25, 0.3) is 0 Å². The predicted octanol–water partition coefficient (Wildman–Crippen LogP) is 2.29. The first-order chi connectivity index (χ1) is 9.25. The Balaban J connectivity index is 0.000000186. The summed E-state index contributed by atoms with van der Waals surface area (Å²) in [7, 11) is 1.96. The summed E-state index contributed by atoms with van der Waals surface area (Å²) in [4.78, 5) is 0. The summed E-state index contributed by atoms with van der Waals surface area (Å²) in [5.41, 5.74) is 6.80. The van der Waals surface area contributed by atoms with Gasteiger partial charge in [0.05, 0.1) is 0 Å². The molecule has 1 aliphatic carbocycles. The van der Waals surface area contributed by atoms with Gasteiger partial charge in [0.2, 0.25) is 0 Å². The van der Waals surface area contributed by atoms with E-state index in [2.05, 4.69) is 22.3 Å². The molecule has 1 fully saturated rings. The maximum absolute atomic E-state index is 5.53. The first-order valence-corrected chi connectivity index (χ1v) is 6.88. The lowest BCUT2D eigenvalue weighted by molar-refractivity contribution is 0.704. The van der Waals surface area contributed by atoms with Crippen LogP contribution < -0.4 is 5.73 Å². The van der Waals surface area contributed by atoms with E-state index in [1.165, 1.54) is 31.2 Å². The summed E-state index contributed by atoms with van der Waals surface area (Å²) in [6, 6.07) is 10.8. The predicted molar refractivity (Wildman–Crippen MR) is 76.7 cm³/mol. The van der Waals surface area contributed by atoms with Crippen LogP contribution in [0.15, 0.2) is 36.7 Å². The molecule has 1 aromatic carbocycles. The number of hydrogen-bond acceptors (Lipinski definition) is 3. The first-order valence-electron chi connectivity index (χ1n) is 6.88. The van der Waals surface area contributed by atoms with Crippen LogP contribution in [0, 0.1) is 0 Å². The molecule has 0 saturated heterocycles. The van der Waals surface area contributed by atoms with Crippen molar-refractivity contribution in [3.8, 4) is 0 Å². The minimum atomic E-state index is 0.546. The van der Waals surface area contributed by atoms with Crippen LogP contribution in [0.3, 0.4) is 0 Å². The van der Waals surface area contributed by atoms with E-state index in [-0.39, 0.29) is 0 Å². The summed E-state index contributed by atoms with van der Waals surface area (Å²) in [5, 5.41) is 7.85. The normalized spacial score (nSPS) is 15.1. The van der Waals surface area contributed by atoms with Crippen molar-refractivity contribution in [1.29, 1.82) is 0 Å². The highest BCUT2D eigenvalue weighted by Crippen LogP contribution is 2.14. The van der Waals surface area contributed by atoms with Crippen molar-refractivity contribution >= 4 is 0 Å². The molecule has 4 nitrogen and oxygen atoms in total. The van der Waals surface area contributed by atoms with E-state index in [9.17, 15) is 0 Å². The molecule has 1 aliphatic rings. The van der Waals surface area contributed by atoms with E-state index < -0.39 is 0 Å². The highest BCUT2D eigenvalue weighted by Gasteiger charge is 2.07. The molecule has 0 unspecified atom stereocenters. The molecule has 2 N–H and O–H groups in total. The quantitative estimate of drug-likeness (QED) is 0.899. The van der Waals surface area contributed by atoms with Gasteiger partial charge in [-0.1, -0.05) is 43.2 Å². The van der Waals surface area contributed by atoms with E-state index in [1.54, 1.807) is 6.33 Å². The summed E-state index contributed by atoms with van der Waals surface area (Å²) < 4.78 is 1.94. The second-order valence-corrected chi connectivity index (χ2v) is 5.06. The van der Waals surface area contributed by atoms with Gasteiger partial charge in [-0.05, 0) is 18.4 Å². The molecule has 0 spiro atoms. The van der Waals surface area contributed by atoms with E-state index in [4.69, 9.17) is 5.73 Å². The first kappa shape index (κ1) is 13.7. The lowest BCUT2D eigenvalue weighted by atomic mass is 10.1. The molecule has 4 heteroatoms. The maximum Gasteiger partial charge on any atom is 0.136 e. The third-order valence-corrected chi connectivity index (χ3v) is 3.41. The third kappa shape index (κ3) is 4.48. The molecule has 0 radical (unpaired) electrons. The average molecular weight is 258 g/mol. The van der Waals surface area contributed by atoms with Gasteiger partial charge in [-0.3, -0.25) is 0 Å². The number of nitrogens with two attached hydrogens (primary N) is 1. The zero-order chi connectivity index (χ0) is 13.5. The van der Waals surface area contributed by atoms with Gasteiger partial charge in [-0.25, -0.2) is 0 Å². The van der Waals surface area contributed by atoms with Crippen molar-refractivity contribution in [3.05, 3.63) is 48.0 Å². The Kier molecular flexibility index (Phi) is 5.10. The third-order valence-electron chi connectivity index (χ3n) is 3.41. The highest BCUT2D eigenvalue weighted by molar-refractivity contribution is 5.18. The summed E-state index contributed by atoms with van der Waals surface area (Å²) in [5.74, 6) is 0.992. The fraction of sp³-hybridized carbons (Fsp3) is 0.467. The van der Waals surface area contributed by atoms with Gasteiger partial charge in [-0.15, -0.1) is 10.2 Å². The SMILES string of the molecule is Cn1cnnc1Cc1ccccc1.NC1CCCC1. The summed E-state index contributed by atoms with van der Waals surface area (Å²) in [6.45, 7) is 0. The Morgan fingerprint density at radius 3 is 2.37 bits per heavy atom. The Bertz CT molecular complexity index is 472. The highest BCUT2D eigenvalue weighted by atomic mass is 15.2. The smallest absolute Gasteiger partial charge is 0.136 e. The minimum Gasteiger partial charge on any atom is -0.328 e. The van der Waals surface area contributed by atoms with Crippen LogP contribution >= 0.6 is 0 Å². The molecule has 0 aliphatic heterocycles. The van der Waals surface area contributed by atoms with Gasteiger partial charge < -0.3 is 10.3 Å². The lowest BCUT2D eigenvalue weighted by Gasteiger charge is -1.99. The molecule has 102 valence electrons. The second-order valence-electron chi connectivity index (χ2n) is 5.06. The van der Waals surface area contributed by atoms with Crippen molar-refractivity contribution in [2.75, 3.05) is 0 Å². The van der Waals surface area contributed by atoms with Crippen LogP contribution in [0.2, 0.25) is 0 Å². The molecule has 2 aromatic rings. The zero-order valence-corrected chi connectivity index (χ0v) is 11.5. The summed E-state index contributed by atoms with van der Waals surface area (Å²) in [6.07, 6.45) is 7.82. The second kappa shape index (κ2) is 7.04. The lowest BCUT2D eigenvalue weighted by Crippen LogP contribution is -2.13. The molecule has 1 aromatic heterocycles. The molecule has 1 saturated carbocycles. The van der Waals surface area contributed by atoms with Crippen molar-refractivity contribution in [2.45, 2.75) is 38.1 Å². The number of nitrogens with zero attached hydrogens (tertiary/aromatic N) is 3. The van der Waals surface area contributed by atoms with Gasteiger partial charge in [-0.2, -0.15) is 0 Å². The number of hydrogen-bond donors (Lipinski definition) is 1. The van der Waals surface area contributed by atoms with Crippen molar-refractivity contribution in [3.63, 3.8) is 0 Å². The molecule has 0 atom stereocenters. The molecule has 1 heterocycles. The van der Waals surface area contributed by atoms with Crippen LogP contribution in [0.5, 0.6) is 0 Å². The molecule has 0 bridgehead atoms. The number of rotatable bonds is 2. The van der Waals surface area contributed by atoms with Gasteiger partial charge in [0, 0.05) is 19.5 Å². The van der Waals surface area contributed by atoms with Gasteiger partial charge in [0.25, 0.3) is 0 Å². The average Bonchev–Trinajstić information content (AvgIpc) is 3.04. The molecular weight excluding hydrogens is 236 g/mol. The standard InChI is InChI=1S/C10H11N3.C5H11N/c1-13-8-11-12-10(13)7-9-5-3-2-4-6-9;6-5-3-1-2-4-5/h2-6,8H,7H2,1H3;5H,1-4,6H2. The van der Waals surface area contributed by atoms with Gasteiger partial charge in [0.15, 0.2) is 0 Å². The Hall–Kier alpha value is -1.68. The van der Waals surface area contributed by atoms with Crippen molar-refractivity contribution in [1.82, 2.24) is 14.8 Å². The van der Waals surface area contributed by atoms with Gasteiger partial charge >= 0.3 is 0 Å². The zero-order valence-electron chi connectivity index (χ0n) is 11.5. The fourth-order valence-electron chi connectivity index (χ4n) is 2.20. The summed E-state index contributed by atoms with van der Waals surface area (Å²) >= 11 is 0. The van der Waals surface area contributed by atoms with E-state index in [0.717, 1.165) is 12.2 Å². The van der Waals surface area contributed by atoms with Crippen molar-refractivity contribution < 1.29 is 0 Å². The number of aryl methyl sites for hydroxylation is 1. The minimum absolute atomic E-state index is 0.546. The van der Waals surface area contributed by atoms with Crippen LogP contribution in [0.1, 0.15) is 37.1 Å². The van der Waals surface area contributed by atoms with Crippen LogP contribution in [-0.4, -0.2) is 20.8 Å². The monoisotopic (exact) mass is 258 g/mol.